The van der Waals surface area contributed by atoms with Crippen LogP contribution < -0.4 is 23.7 Å². The minimum Gasteiger partial charge on any atom is -0.493 e. The molecule has 13 heteroatoms. The van der Waals surface area contributed by atoms with E-state index in [9.17, 15) is 24.4 Å². The van der Waals surface area contributed by atoms with E-state index in [1.807, 2.05) is 20.0 Å². The van der Waals surface area contributed by atoms with Crippen LogP contribution in [0.2, 0.25) is 0 Å². The first-order valence-electron chi connectivity index (χ1n) is 16.8. The molecule has 2 bridgehead atoms. The van der Waals surface area contributed by atoms with Gasteiger partial charge in [0.05, 0.1) is 36.4 Å². The number of nitriles is 1. The molecule has 5 atom stereocenters. The summed E-state index contributed by atoms with van der Waals surface area (Å²) >= 11 is 0. The van der Waals surface area contributed by atoms with E-state index in [1.54, 1.807) is 31.2 Å². The molecule has 5 heterocycles. The van der Waals surface area contributed by atoms with E-state index in [0.29, 0.717) is 63.0 Å². The quantitative estimate of drug-likeness (QED) is 0.217. The third-order valence-corrected chi connectivity index (χ3v) is 11.0. The number of rotatable bonds is 5. The SMILES string of the molecule is COc1c(C)cc2c(c1OC(C)=O)[C@H]1[C@@H]3Cc4c(OC(C)=O)c(C)c5c(c4[C@H](CN4C(=O)c6ccccc6C4=O)N3[C@@H](C#N)[C@@H](C2)N1C)OCO5. The fourth-order valence-corrected chi connectivity index (χ4v) is 9.09. The maximum absolute atomic E-state index is 13.9. The van der Waals surface area contributed by atoms with Gasteiger partial charge in [-0.2, -0.15) is 5.26 Å². The first-order valence-corrected chi connectivity index (χ1v) is 16.8. The largest absolute Gasteiger partial charge is 0.493 e. The van der Waals surface area contributed by atoms with Gasteiger partial charge in [0.25, 0.3) is 11.8 Å². The topological polar surface area (TPSA) is 148 Å². The number of benzene rings is 3. The highest BCUT2D eigenvalue weighted by Gasteiger charge is 2.58. The zero-order valence-electron chi connectivity index (χ0n) is 29.1. The van der Waals surface area contributed by atoms with E-state index in [0.717, 1.165) is 16.7 Å². The lowest BCUT2D eigenvalue weighted by Crippen LogP contribution is -2.69. The van der Waals surface area contributed by atoms with Gasteiger partial charge >= 0.3 is 11.9 Å². The van der Waals surface area contributed by atoms with Crippen LogP contribution >= 0.6 is 0 Å². The zero-order valence-corrected chi connectivity index (χ0v) is 29.1. The molecule has 0 spiro atoms. The number of likely N-dealkylation sites (N-methyl/N-ethyl adjacent to an activating group) is 1. The van der Waals surface area contributed by atoms with Crippen molar-refractivity contribution >= 4 is 23.8 Å². The Bertz CT molecular complexity index is 2090. The summed E-state index contributed by atoms with van der Waals surface area (Å²) in [6.07, 6.45) is 0.739. The van der Waals surface area contributed by atoms with E-state index in [1.165, 1.54) is 25.9 Å². The van der Waals surface area contributed by atoms with Crippen molar-refractivity contribution in [2.45, 2.75) is 70.7 Å². The monoisotopic (exact) mass is 692 g/mol. The number of hydrogen-bond acceptors (Lipinski definition) is 12. The van der Waals surface area contributed by atoms with Gasteiger partial charge in [0.2, 0.25) is 6.79 Å². The number of carbonyl (C=O) groups is 4. The molecule has 13 nitrogen and oxygen atoms in total. The number of hydrogen-bond donors (Lipinski definition) is 0. The number of methoxy groups -OCH3 is 1. The summed E-state index contributed by atoms with van der Waals surface area (Å²) in [6, 6.07) is 8.53. The summed E-state index contributed by atoms with van der Waals surface area (Å²) in [5, 5.41) is 11.0. The van der Waals surface area contributed by atoms with Crippen LogP contribution in [0.1, 0.15) is 80.0 Å². The van der Waals surface area contributed by atoms with Crippen LogP contribution in [0.5, 0.6) is 28.7 Å². The highest BCUT2D eigenvalue weighted by Crippen LogP contribution is 2.59. The molecule has 8 rings (SSSR count). The summed E-state index contributed by atoms with van der Waals surface area (Å²) in [5.41, 5.74) is 4.91. The minimum atomic E-state index is -0.777. The van der Waals surface area contributed by atoms with Crippen LogP contribution in [0, 0.1) is 25.2 Å². The van der Waals surface area contributed by atoms with Crippen LogP contribution in [0.25, 0.3) is 0 Å². The molecule has 3 aromatic rings. The number of imide groups is 1. The van der Waals surface area contributed by atoms with Crippen molar-refractivity contribution in [1.29, 1.82) is 5.26 Å². The van der Waals surface area contributed by atoms with Gasteiger partial charge in [-0.15, -0.1) is 0 Å². The lowest BCUT2D eigenvalue weighted by Gasteiger charge is -2.60. The number of aryl methyl sites for hydroxylation is 1. The van der Waals surface area contributed by atoms with Crippen LogP contribution in [-0.2, 0) is 22.4 Å². The lowest BCUT2D eigenvalue weighted by atomic mass is 9.71. The molecule has 0 aliphatic carbocycles. The predicted molar refractivity (Wildman–Crippen MR) is 179 cm³/mol. The Kier molecular flexibility index (Phi) is 7.59. The minimum absolute atomic E-state index is 0.0801. The van der Waals surface area contributed by atoms with Crippen molar-refractivity contribution < 1.29 is 42.9 Å². The number of amides is 2. The standard InChI is InChI=1S/C38H36N4O9/c1-17-11-21-12-25-27(14-39)42-26(31(40(25)5)29(21)36(32(17)47-6)51-20(4)44)13-24-30(35-34(48-16-49-35)18(2)33(24)50-19(3)43)28(42)15-41-37(45)22-9-7-8-10-23(22)38(41)46/h7-11,25-28,31H,12-13,15-16H2,1-6H3/t25-,26+,27+,28+,31-/m1/s1. The second-order valence-electron chi connectivity index (χ2n) is 13.7. The molecule has 3 aromatic carbocycles. The lowest BCUT2D eigenvalue weighted by molar-refractivity contribution is -0.133. The third kappa shape index (κ3) is 4.66. The third-order valence-electron chi connectivity index (χ3n) is 11.0. The van der Waals surface area contributed by atoms with E-state index in [-0.39, 0.29) is 25.8 Å². The summed E-state index contributed by atoms with van der Waals surface area (Å²) in [6.45, 7) is 6.15. The molecule has 1 fully saturated rings. The molecule has 2 amide bonds. The predicted octanol–water partition coefficient (Wildman–Crippen LogP) is 3.96. The number of nitrogens with zero attached hydrogens (tertiary/aromatic N) is 4. The fourth-order valence-electron chi connectivity index (χ4n) is 9.09. The fraction of sp³-hybridized carbons (Fsp3) is 0.395. The molecular weight excluding hydrogens is 656 g/mol. The Hall–Kier alpha value is -5.45. The van der Waals surface area contributed by atoms with E-state index in [2.05, 4.69) is 15.9 Å². The van der Waals surface area contributed by atoms with Gasteiger partial charge in [0.15, 0.2) is 23.0 Å². The smallest absolute Gasteiger partial charge is 0.308 e. The molecule has 51 heavy (non-hydrogen) atoms. The first kappa shape index (κ1) is 32.7. The maximum Gasteiger partial charge on any atom is 0.308 e. The Balaban J connectivity index is 1.39. The Morgan fingerprint density at radius 3 is 2.20 bits per heavy atom. The van der Waals surface area contributed by atoms with Gasteiger partial charge < -0.3 is 23.7 Å². The van der Waals surface area contributed by atoms with Gasteiger partial charge in [0.1, 0.15) is 11.8 Å². The van der Waals surface area contributed by atoms with Gasteiger partial charge in [-0.3, -0.25) is 33.9 Å². The average molecular weight is 693 g/mol. The van der Waals surface area contributed by atoms with Gasteiger partial charge in [-0.1, -0.05) is 18.2 Å². The Morgan fingerprint density at radius 2 is 1.57 bits per heavy atom. The van der Waals surface area contributed by atoms with Crippen molar-refractivity contribution in [3.63, 3.8) is 0 Å². The molecule has 0 N–H and O–H groups in total. The second-order valence-corrected chi connectivity index (χ2v) is 13.7. The number of piperazine rings is 1. The molecule has 262 valence electrons. The van der Waals surface area contributed by atoms with Crippen LogP contribution in [-0.4, -0.2) is 84.1 Å². The normalized spacial score (nSPS) is 24.3. The van der Waals surface area contributed by atoms with Crippen molar-refractivity contribution in [1.82, 2.24) is 14.7 Å². The van der Waals surface area contributed by atoms with Crippen LogP contribution in [0.3, 0.4) is 0 Å². The van der Waals surface area contributed by atoms with Crippen molar-refractivity contribution in [2.75, 3.05) is 27.5 Å². The van der Waals surface area contributed by atoms with Crippen molar-refractivity contribution in [2.24, 2.45) is 0 Å². The van der Waals surface area contributed by atoms with Crippen molar-refractivity contribution in [3.8, 4) is 34.8 Å². The molecular formula is C38H36N4O9. The number of fused-ring (bicyclic) bond motifs is 10. The molecule has 0 saturated carbocycles. The maximum atomic E-state index is 13.9. The van der Waals surface area contributed by atoms with Gasteiger partial charge in [0, 0.05) is 54.7 Å². The summed E-state index contributed by atoms with van der Waals surface area (Å²) < 4.78 is 29.7. The average Bonchev–Trinajstić information content (AvgIpc) is 3.67. The highest BCUT2D eigenvalue weighted by molar-refractivity contribution is 6.21. The number of esters is 2. The Labute approximate surface area is 294 Å². The summed E-state index contributed by atoms with van der Waals surface area (Å²) in [5.74, 6) is -0.0275. The molecule has 0 aromatic heterocycles. The highest BCUT2D eigenvalue weighted by atomic mass is 16.7. The summed E-state index contributed by atoms with van der Waals surface area (Å²) in [7, 11) is 3.48. The zero-order chi connectivity index (χ0) is 36.0. The number of carbonyl (C=O) groups excluding carboxylic acids is 4. The van der Waals surface area contributed by atoms with Gasteiger partial charge in [-0.25, -0.2) is 0 Å². The molecule has 1 saturated heterocycles. The van der Waals surface area contributed by atoms with E-state index >= 15 is 0 Å². The Morgan fingerprint density at radius 1 is 0.922 bits per heavy atom. The molecule has 0 unspecified atom stereocenters. The first-order chi connectivity index (χ1) is 24.5. The van der Waals surface area contributed by atoms with Gasteiger partial charge in [-0.05, 0) is 57.0 Å². The number of ether oxygens (including phenoxy) is 5. The molecule has 0 radical (unpaired) electrons. The van der Waals surface area contributed by atoms with E-state index < -0.39 is 47.9 Å². The van der Waals surface area contributed by atoms with Crippen LogP contribution in [0.4, 0.5) is 0 Å². The second kappa shape index (κ2) is 11.8. The summed E-state index contributed by atoms with van der Waals surface area (Å²) in [4.78, 5) is 58.5. The van der Waals surface area contributed by atoms with E-state index in [4.69, 9.17) is 23.7 Å². The molecule has 5 aliphatic heterocycles. The van der Waals surface area contributed by atoms with Crippen LogP contribution in [0.15, 0.2) is 30.3 Å². The molecule has 5 aliphatic rings. The van der Waals surface area contributed by atoms with Crippen molar-refractivity contribution in [3.05, 3.63) is 74.8 Å².